The van der Waals surface area contributed by atoms with E-state index in [1.165, 1.54) is 6.07 Å². The number of fused-ring (bicyclic) bond motifs is 1. The van der Waals surface area contributed by atoms with Gasteiger partial charge in [0.05, 0.1) is 11.9 Å². The topological polar surface area (TPSA) is 42.0 Å². The first-order valence-electron chi connectivity index (χ1n) is 7.99. The van der Waals surface area contributed by atoms with Crippen molar-refractivity contribution >= 4 is 16.8 Å². The molecule has 1 aromatic heterocycles. The quantitative estimate of drug-likeness (QED) is 0.779. The van der Waals surface area contributed by atoms with Crippen molar-refractivity contribution in [1.82, 2.24) is 10.3 Å². The molecule has 1 N–H and O–H groups in total. The van der Waals surface area contributed by atoms with Gasteiger partial charge in [0.15, 0.2) is 0 Å². The number of amides is 1. The second kappa shape index (κ2) is 7.21. The summed E-state index contributed by atoms with van der Waals surface area (Å²) in [5, 5.41) is 3.95. The number of hydrogen-bond acceptors (Lipinski definition) is 2. The zero-order valence-electron chi connectivity index (χ0n) is 13.5. The zero-order valence-corrected chi connectivity index (χ0v) is 13.5. The fraction of sp³-hybridized carbons (Fsp3) is 0.200. The Morgan fingerprint density at radius 1 is 1.08 bits per heavy atom. The normalized spacial score (nSPS) is 12.1. The summed E-state index contributed by atoms with van der Waals surface area (Å²) in [4.78, 5) is 16.7. The molecular formula is C20H19FN2O. The molecule has 0 aliphatic heterocycles. The first-order valence-corrected chi connectivity index (χ1v) is 7.99. The van der Waals surface area contributed by atoms with E-state index in [-0.39, 0.29) is 24.2 Å². The summed E-state index contributed by atoms with van der Waals surface area (Å²) in [6.07, 6.45) is 2.45. The minimum absolute atomic E-state index is 0.0861. The van der Waals surface area contributed by atoms with Crippen LogP contribution >= 0.6 is 0 Å². The fourth-order valence-corrected chi connectivity index (χ4v) is 2.85. The van der Waals surface area contributed by atoms with Crippen LogP contribution in [0.15, 0.2) is 60.8 Å². The van der Waals surface area contributed by atoms with Crippen LogP contribution in [0, 0.1) is 5.82 Å². The van der Waals surface area contributed by atoms with Gasteiger partial charge in [0.25, 0.3) is 0 Å². The summed E-state index contributed by atoms with van der Waals surface area (Å²) >= 11 is 0. The molecule has 2 aromatic carbocycles. The van der Waals surface area contributed by atoms with Crippen LogP contribution < -0.4 is 5.32 Å². The minimum atomic E-state index is -0.239. The average molecular weight is 322 g/mol. The number of benzene rings is 2. The summed E-state index contributed by atoms with van der Waals surface area (Å²) in [5.41, 5.74) is 2.35. The van der Waals surface area contributed by atoms with E-state index in [0.717, 1.165) is 16.5 Å². The maximum Gasteiger partial charge on any atom is 0.224 e. The highest BCUT2D eigenvalue weighted by molar-refractivity contribution is 5.87. The number of carbonyl (C=O) groups excluding carboxylic acids is 1. The number of para-hydroxylation sites is 1. The van der Waals surface area contributed by atoms with E-state index >= 15 is 0 Å². The minimum Gasteiger partial charge on any atom is -0.353 e. The number of nitrogens with one attached hydrogen (secondary N) is 1. The molecule has 3 aromatic rings. The van der Waals surface area contributed by atoms with Crippen molar-refractivity contribution < 1.29 is 9.18 Å². The van der Waals surface area contributed by atoms with E-state index in [9.17, 15) is 9.18 Å². The molecule has 0 aliphatic carbocycles. The van der Waals surface area contributed by atoms with Crippen LogP contribution in [0.3, 0.4) is 0 Å². The predicted octanol–water partition coefficient (Wildman–Crippen LogP) is 3.66. The molecular weight excluding hydrogens is 303 g/mol. The lowest BCUT2D eigenvalue weighted by Gasteiger charge is -2.15. The average Bonchev–Trinajstić information content (AvgIpc) is 2.57. The number of rotatable bonds is 5. The van der Waals surface area contributed by atoms with E-state index < -0.39 is 0 Å². The molecule has 4 heteroatoms. The smallest absolute Gasteiger partial charge is 0.224 e. The number of halogens is 1. The molecule has 0 saturated heterocycles. The lowest BCUT2D eigenvalue weighted by Crippen LogP contribution is -2.35. The molecule has 1 heterocycles. The number of nitrogens with zero attached hydrogens (tertiary/aromatic N) is 1. The van der Waals surface area contributed by atoms with Crippen molar-refractivity contribution in [2.24, 2.45) is 0 Å². The third-order valence-corrected chi connectivity index (χ3v) is 3.96. The van der Waals surface area contributed by atoms with Crippen molar-refractivity contribution in [1.29, 1.82) is 0 Å². The van der Waals surface area contributed by atoms with Crippen molar-refractivity contribution in [3.8, 4) is 0 Å². The number of carbonyl (C=O) groups is 1. The van der Waals surface area contributed by atoms with E-state index in [4.69, 9.17) is 0 Å². The molecule has 0 fully saturated rings. The molecule has 3 nitrogen and oxygen atoms in total. The Labute approximate surface area is 140 Å². The summed E-state index contributed by atoms with van der Waals surface area (Å²) in [5.74, 6) is -0.325. The summed E-state index contributed by atoms with van der Waals surface area (Å²) in [7, 11) is 0. The summed E-state index contributed by atoms with van der Waals surface area (Å²) in [6, 6.07) is 16.2. The second-order valence-corrected chi connectivity index (χ2v) is 5.93. The van der Waals surface area contributed by atoms with Gasteiger partial charge in [-0.1, -0.05) is 42.5 Å². The highest BCUT2D eigenvalue weighted by Gasteiger charge is 2.12. The molecule has 1 amide bonds. The molecule has 3 rings (SSSR count). The van der Waals surface area contributed by atoms with Gasteiger partial charge in [-0.3, -0.25) is 9.78 Å². The second-order valence-electron chi connectivity index (χ2n) is 5.93. The molecule has 1 atom stereocenters. The van der Waals surface area contributed by atoms with Crippen LogP contribution in [0.1, 0.15) is 18.1 Å². The van der Waals surface area contributed by atoms with E-state index in [1.54, 1.807) is 24.4 Å². The number of pyridine rings is 1. The lowest BCUT2D eigenvalue weighted by molar-refractivity contribution is -0.121. The Morgan fingerprint density at radius 2 is 1.83 bits per heavy atom. The van der Waals surface area contributed by atoms with Gasteiger partial charge in [-0.15, -0.1) is 0 Å². The van der Waals surface area contributed by atoms with Crippen LogP contribution in [0.4, 0.5) is 4.39 Å². The Morgan fingerprint density at radius 3 is 2.67 bits per heavy atom. The molecule has 0 spiro atoms. The van der Waals surface area contributed by atoms with Crippen LogP contribution in [0.5, 0.6) is 0 Å². The maximum absolute atomic E-state index is 13.7. The van der Waals surface area contributed by atoms with E-state index in [0.29, 0.717) is 12.0 Å². The Bertz CT molecular complexity index is 858. The number of hydrogen-bond donors (Lipinski definition) is 1. The fourth-order valence-electron chi connectivity index (χ4n) is 2.85. The molecule has 1 unspecified atom stereocenters. The largest absolute Gasteiger partial charge is 0.353 e. The van der Waals surface area contributed by atoms with Gasteiger partial charge in [0, 0.05) is 17.6 Å². The van der Waals surface area contributed by atoms with Gasteiger partial charge < -0.3 is 5.32 Å². The molecule has 0 saturated carbocycles. The van der Waals surface area contributed by atoms with Gasteiger partial charge in [-0.2, -0.15) is 0 Å². The maximum atomic E-state index is 13.7. The molecule has 0 bridgehead atoms. The Kier molecular flexibility index (Phi) is 4.85. The van der Waals surface area contributed by atoms with Crippen LogP contribution in [0.25, 0.3) is 10.9 Å². The standard InChI is InChI=1S/C20H19FN2O/c1-14(12-16-6-2-3-10-18(16)21)23-19(24)13-17-8-4-7-15-9-5-11-22-20(15)17/h2-11,14H,12-13H2,1H3,(H,23,24). The number of aromatic nitrogens is 1. The van der Waals surface area contributed by atoms with E-state index in [2.05, 4.69) is 10.3 Å². The highest BCUT2D eigenvalue weighted by Crippen LogP contribution is 2.16. The summed E-state index contributed by atoms with van der Waals surface area (Å²) < 4.78 is 13.7. The van der Waals surface area contributed by atoms with E-state index in [1.807, 2.05) is 37.3 Å². The third-order valence-electron chi connectivity index (χ3n) is 3.96. The Balaban J connectivity index is 1.66. The van der Waals surface area contributed by atoms with Crippen LogP contribution in [-0.2, 0) is 17.6 Å². The molecule has 122 valence electrons. The van der Waals surface area contributed by atoms with Gasteiger partial charge in [-0.05, 0) is 36.6 Å². The van der Waals surface area contributed by atoms with Crippen molar-refractivity contribution in [2.45, 2.75) is 25.8 Å². The zero-order chi connectivity index (χ0) is 16.9. The predicted molar refractivity (Wildman–Crippen MR) is 93.2 cm³/mol. The Hall–Kier alpha value is -2.75. The third kappa shape index (κ3) is 3.77. The van der Waals surface area contributed by atoms with Crippen molar-refractivity contribution in [2.75, 3.05) is 0 Å². The molecule has 0 aliphatic rings. The monoisotopic (exact) mass is 322 g/mol. The van der Waals surface area contributed by atoms with Crippen LogP contribution in [0.2, 0.25) is 0 Å². The SMILES string of the molecule is CC(Cc1ccccc1F)NC(=O)Cc1cccc2cccnc12. The molecule has 0 radical (unpaired) electrons. The molecule has 24 heavy (non-hydrogen) atoms. The highest BCUT2D eigenvalue weighted by atomic mass is 19.1. The van der Waals surface area contributed by atoms with Gasteiger partial charge in [0.2, 0.25) is 5.91 Å². The lowest BCUT2D eigenvalue weighted by atomic mass is 10.0. The van der Waals surface area contributed by atoms with Gasteiger partial charge in [-0.25, -0.2) is 4.39 Å². The summed E-state index contributed by atoms with van der Waals surface area (Å²) in [6.45, 7) is 1.88. The first kappa shape index (κ1) is 16.1. The van der Waals surface area contributed by atoms with Crippen molar-refractivity contribution in [3.05, 3.63) is 77.7 Å². The van der Waals surface area contributed by atoms with Crippen molar-refractivity contribution in [3.63, 3.8) is 0 Å². The first-order chi connectivity index (χ1) is 11.6. The van der Waals surface area contributed by atoms with Gasteiger partial charge >= 0.3 is 0 Å². The van der Waals surface area contributed by atoms with Gasteiger partial charge in [0.1, 0.15) is 5.82 Å². The van der Waals surface area contributed by atoms with Crippen LogP contribution in [-0.4, -0.2) is 16.9 Å².